The molecule has 0 aliphatic rings. The summed E-state index contributed by atoms with van der Waals surface area (Å²) in [5.41, 5.74) is 3.13. The van der Waals surface area contributed by atoms with Crippen molar-refractivity contribution in [1.82, 2.24) is 0 Å². The molecular weight excluding hydrogens is 302 g/mol. The SMILES string of the molecule is Cc1ccc(N(C)C(=O)Cc2cccc(Br)c2)cc1. The van der Waals surface area contributed by atoms with Crippen LogP contribution in [-0.4, -0.2) is 13.0 Å². The smallest absolute Gasteiger partial charge is 0.231 e. The highest BCUT2D eigenvalue weighted by molar-refractivity contribution is 9.10. The van der Waals surface area contributed by atoms with Gasteiger partial charge in [0.1, 0.15) is 0 Å². The first-order valence-electron chi connectivity index (χ1n) is 6.14. The molecule has 0 atom stereocenters. The molecule has 0 heterocycles. The summed E-state index contributed by atoms with van der Waals surface area (Å²) < 4.78 is 0.996. The average molecular weight is 318 g/mol. The molecule has 19 heavy (non-hydrogen) atoms. The summed E-state index contributed by atoms with van der Waals surface area (Å²) in [5.74, 6) is 0.0851. The molecule has 0 fully saturated rings. The van der Waals surface area contributed by atoms with E-state index in [9.17, 15) is 4.79 Å². The molecule has 0 bridgehead atoms. The topological polar surface area (TPSA) is 20.3 Å². The number of aryl methyl sites for hydroxylation is 1. The van der Waals surface area contributed by atoms with Crippen molar-refractivity contribution in [3.8, 4) is 0 Å². The second-order valence-corrected chi connectivity index (χ2v) is 5.51. The Morgan fingerprint density at radius 3 is 2.47 bits per heavy atom. The van der Waals surface area contributed by atoms with E-state index in [1.165, 1.54) is 5.56 Å². The van der Waals surface area contributed by atoms with E-state index >= 15 is 0 Å². The normalized spacial score (nSPS) is 10.3. The van der Waals surface area contributed by atoms with Gasteiger partial charge in [0.15, 0.2) is 0 Å². The minimum Gasteiger partial charge on any atom is -0.315 e. The van der Waals surface area contributed by atoms with Crippen molar-refractivity contribution in [1.29, 1.82) is 0 Å². The molecule has 0 N–H and O–H groups in total. The summed E-state index contributed by atoms with van der Waals surface area (Å²) in [6.07, 6.45) is 0.407. The summed E-state index contributed by atoms with van der Waals surface area (Å²) >= 11 is 3.42. The maximum atomic E-state index is 12.2. The highest BCUT2D eigenvalue weighted by Gasteiger charge is 2.11. The standard InChI is InChI=1S/C16H16BrNO/c1-12-6-8-15(9-7-12)18(2)16(19)11-13-4-3-5-14(17)10-13/h3-10H,11H2,1-2H3. The molecule has 0 unspecified atom stereocenters. The Morgan fingerprint density at radius 1 is 1.16 bits per heavy atom. The van der Waals surface area contributed by atoms with E-state index in [1.54, 1.807) is 4.90 Å². The Morgan fingerprint density at radius 2 is 1.84 bits per heavy atom. The minimum atomic E-state index is 0.0851. The van der Waals surface area contributed by atoms with E-state index in [-0.39, 0.29) is 5.91 Å². The number of hydrogen-bond donors (Lipinski definition) is 0. The number of halogens is 1. The van der Waals surface area contributed by atoms with E-state index in [1.807, 2.05) is 62.5 Å². The third-order valence-corrected chi connectivity index (χ3v) is 3.53. The van der Waals surface area contributed by atoms with Gasteiger partial charge in [-0.2, -0.15) is 0 Å². The molecule has 2 aromatic carbocycles. The number of likely N-dealkylation sites (N-methyl/N-ethyl adjacent to an activating group) is 1. The molecule has 2 nitrogen and oxygen atoms in total. The molecule has 2 aromatic rings. The van der Waals surface area contributed by atoms with Crippen LogP contribution in [0.5, 0.6) is 0 Å². The molecule has 2 rings (SSSR count). The zero-order chi connectivity index (χ0) is 13.8. The lowest BCUT2D eigenvalue weighted by Crippen LogP contribution is -2.27. The van der Waals surface area contributed by atoms with Gasteiger partial charge < -0.3 is 4.90 Å². The van der Waals surface area contributed by atoms with Gasteiger partial charge in [-0.15, -0.1) is 0 Å². The lowest BCUT2D eigenvalue weighted by Gasteiger charge is -2.17. The second-order valence-electron chi connectivity index (χ2n) is 4.60. The average Bonchev–Trinajstić information content (AvgIpc) is 2.39. The highest BCUT2D eigenvalue weighted by atomic mass is 79.9. The maximum absolute atomic E-state index is 12.2. The van der Waals surface area contributed by atoms with Gasteiger partial charge in [0.25, 0.3) is 0 Å². The van der Waals surface area contributed by atoms with Gasteiger partial charge in [0.05, 0.1) is 6.42 Å². The number of hydrogen-bond acceptors (Lipinski definition) is 1. The van der Waals surface area contributed by atoms with Crippen LogP contribution in [0.25, 0.3) is 0 Å². The van der Waals surface area contributed by atoms with Crippen LogP contribution < -0.4 is 4.90 Å². The summed E-state index contributed by atoms with van der Waals surface area (Å²) in [7, 11) is 1.81. The van der Waals surface area contributed by atoms with Crippen LogP contribution in [0.3, 0.4) is 0 Å². The minimum absolute atomic E-state index is 0.0851. The van der Waals surface area contributed by atoms with Crippen LogP contribution >= 0.6 is 15.9 Å². The maximum Gasteiger partial charge on any atom is 0.231 e. The van der Waals surface area contributed by atoms with E-state index in [4.69, 9.17) is 0 Å². The Kier molecular flexibility index (Phi) is 4.38. The highest BCUT2D eigenvalue weighted by Crippen LogP contribution is 2.16. The van der Waals surface area contributed by atoms with Crippen molar-refractivity contribution in [3.63, 3.8) is 0 Å². The van der Waals surface area contributed by atoms with Crippen LogP contribution in [-0.2, 0) is 11.2 Å². The third-order valence-electron chi connectivity index (χ3n) is 3.04. The van der Waals surface area contributed by atoms with Gasteiger partial charge in [0.2, 0.25) is 5.91 Å². The zero-order valence-electron chi connectivity index (χ0n) is 11.1. The lowest BCUT2D eigenvalue weighted by atomic mass is 10.1. The first kappa shape index (κ1) is 13.8. The van der Waals surface area contributed by atoms with Crippen LogP contribution in [0, 0.1) is 6.92 Å². The fourth-order valence-electron chi connectivity index (χ4n) is 1.85. The number of amides is 1. The largest absolute Gasteiger partial charge is 0.315 e. The monoisotopic (exact) mass is 317 g/mol. The molecule has 3 heteroatoms. The molecule has 0 aromatic heterocycles. The third kappa shape index (κ3) is 3.67. The van der Waals surface area contributed by atoms with Gasteiger partial charge >= 0.3 is 0 Å². The Labute approximate surface area is 122 Å². The molecule has 0 saturated heterocycles. The molecule has 0 spiro atoms. The second kappa shape index (κ2) is 6.02. The van der Waals surface area contributed by atoms with Crippen molar-refractivity contribution in [2.75, 3.05) is 11.9 Å². The summed E-state index contributed by atoms with van der Waals surface area (Å²) in [5, 5.41) is 0. The van der Waals surface area contributed by atoms with Gasteiger partial charge in [-0.1, -0.05) is 45.8 Å². The van der Waals surface area contributed by atoms with Gasteiger partial charge in [-0.25, -0.2) is 0 Å². The number of rotatable bonds is 3. The zero-order valence-corrected chi connectivity index (χ0v) is 12.6. The van der Waals surface area contributed by atoms with Crippen LogP contribution in [0.2, 0.25) is 0 Å². The Bertz CT molecular complexity index is 578. The predicted molar refractivity (Wildman–Crippen MR) is 82.4 cm³/mol. The van der Waals surface area contributed by atoms with Crippen molar-refractivity contribution >= 4 is 27.5 Å². The number of carbonyl (C=O) groups is 1. The predicted octanol–water partition coefficient (Wildman–Crippen LogP) is 3.96. The molecule has 98 valence electrons. The number of nitrogens with zero attached hydrogens (tertiary/aromatic N) is 1. The van der Waals surface area contributed by atoms with Gasteiger partial charge in [-0.3, -0.25) is 4.79 Å². The fourth-order valence-corrected chi connectivity index (χ4v) is 2.30. The van der Waals surface area contributed by atoms with E-state index < -0.39 is 0 Å². The first-order valence-corrected chi connectivity index (χ1v) is 6.93. The summed E-state index contributed by atoms with van der Waals surface area (Å²) in [4.78, 5) is 13.9. The number of carbonyl (C=O) groups excluding carboxylic acids is 1. The fraction of sp³-hybridized carbons (Fsp3) is 0.188. The molecule has 0 saturated carbocycles. The summed E-state index contributed by atoms with van der Waals surface area (Å²) in [6.45, 7) is 2.03. The number of anilines is 1. The van der Waals surface area contributed by atoms with Gasteiger partial charge in [-0.05, 0) is 36.8 Å². The first-order chi connectivity index (χ1) is 9.06. The Balaban J connectivity index is 2.09. The van der Waals surface area contributed by atoms with Crippen LogP contribution in [0.4, 0.5) is 5.69 Å². The van der Waals surface area contributed by atoms with E-state index in [2.05, 4.69) is 15.9 Å². The molecule has 0 aliphatic carbocycles. The number of benzene rings is 2. The van der Waals surface area contributed by atoms with Crippen molar-refractivity contribution in [3.05, 3.63) is 64.1 Å². The molecule has 1 amide bonds. The van der Waals surface area contributed by atoms with Crippen molar-refractivity contribution < 1.29 is 4.79 Å². The van der Waals surface area contributed by atoms with Gasteiger partial charge in [0, 0.05) is 17.2 Å². The molecule has 0 radical (unpaired) electrons. The summed E-state index contributed by atoms with van der Waals surface area (Å²) in [6, 6.07) is 15.8. The quantitative estimate of drug-likeness (QED) is 0.839. The van der Waals surface area contributed by atoms with E-state index in [0.717, 1.165) is 15.7 Å². The lowest BCUT2D eigenvalue weighted by molar-refractivity contribution is -0.117. The van der Waals surface area contributed by atoms with Crippen LogP contribution in [0.1, 0.15) is 11.1 Å². The molecule has 0 aliphatic heterocycles. The molecular formula is C16H16BrNO. The van der Waals surface area contributed by atoms with Crippen LogP contribution in [0.15, 0.2) is 53.0 Å². The van der Waals surface area contributed by atoms with Crippen molar-refractivity contribution in [2.24, 2.45) is 0 Å². The Hall–Kier alpha value is -1.61. The van der Waals surface area contributed by atoms with E-state index in [0.29, 0.717) is 6.42 Å². The van der Waals surface area contributed by atoms with Crippen molar-refractivity contribution in [2.45, 2.75) is 13.3 Å².